The largest absolute Gasteiger partial charge is 0.495 e. The van der Waals surface area contributed by atoms with Crippen LogP contribution in [0.15, 0.2) is 27.6 Å². The van der Waals surface area contributed by atoms with Gasteiger partial charge in [-0.1, -0.05) is 15.9 Å². The summed E-state index contributed by atoms with van der Waals surface area (Å²) in [6.45, 7) is 1.92. The predicted molar refractivity (Wildman–Crippen MR) is 84.1 cm³/mol. The van der Waals surface area contributed by atoms with Crippen molar-refractivity contribution in [1.82, 2.24) is 4.31 Å². The standard InChI is InChI=1S/C14H20BrNO4S/c1-16(10-11-5-7-20-8-6-11)21(17,18)14-9-12(15)3-4-13(14)19-2/h3-4,9,11H,5-8,10H2,1-2H3. The minimum Gasteiger partial charge on any atom is -0.495 e. The summed E-state index contributed by atoms with van der Waals surface area (Å²) in [5, 5.41) is 0. The van der Waals surface area contributed by atoms with Crippen LogP contribution in [0.4, 0.5) is 0 Å². The van der Waals surface area contributed by atoms with Crippen molar-refractivity contribution >= 4 is 26.0 Å². The number of halogens is 1. The molecule has 0 bridgehead atoms. The summed E-state index contributed by atoms with van der Waals surface area (Å²) in [4.78, 5) is 0.189. The van der Waals surface area contributed by atoms with Gasteiger partial charge in [0.05, 0.1) is 7.11 Å². The molecule has 0 aliphatic carbocycles. The number of methoxy groups -OCH3 is 1. The lowest BCUT2D eigenvalue weighted by molar-refractivity contribution is 0.0620. The number of hydrogen-bond acceptors (Lipinski definition) is 4. The average molecular weight is 378 g/mol. The molecule has 0 radical (unpaired) electrons. The van der Waals surface area contributed by atoms with E-state index in [2.05, 4.69) is 15.9 Å². The molecular formula is C14H20BrNO4S. The summed E-state index contributed by atoms with van der Waals surface area (Å²) < 4.78 is 38.1. The van der Waals surface area contributed by atoms with Crippen molar-refractivity contribution in [3.8, 4) is 5.75 Å². The van der Waals surface area contributed by atoms with Gasteiger partial charge >= 0.3 is 0 Å². The maximum atomic E-state index is 12.7. The number of sulfonamides is 1. The van der Waals surface area contributed by atoms with E-state index in [0.29, 0.717) is 35.9 Å². The molecule has 1 saturated heterocycles. The van der Waals surface area contributed by atoms with Gasteiger partial charge in [-0.25, -0.2) is 12.7 Å². The Bertz CT molecular complexity index is 585. The van der Waals surface area contributed by atoms with E-state index >= 15 is 0 Å². The molecule has 0 atom stereocenters. The molecule has 1 aromatic rings. The van der Waals surface area contributed by atoms with Crippen LogP contribution in [0.5, 0.6) is 5.75 Å². The molecule has 1 heterocycles. The van der Waals surface area contributed by atoms with Gasteiger partial charge in [-0.2, -0.15) is 0 Å². The first-order chi connectivity index (χ1) is 9.95. The van der Waals surface area contributed by atoms with Crippen LogP contribution in [0.25, 0.3) is 0 Å². The summed E-state index contributed by atoms with van der Waals surface area (Å²) >= 11 is 3.31. The van der Waals surface area contributed by atoms with Gasteiger partial charge in [0.25, 0.3) is 0 Å². The van der Waals surface area contributed by atoms with E-state index < -0.39 is 10.0 Å². The van der Waals surface area contributed by atoms with Gasteiger partial charge in [0.2, 0.25) is 10.0 Å². The van der Waals surface area contributed by atoms with Crippen LogP contribution < -0.4 is 4.74 Å². The molecule has 21 heavy (non-hydrogen) atoms. The first-order valence-corrected chi connectivity index (χ1v) is 9.06. The van der Waals surface area contributed by atoms with Gasteiger partial charge in [0.15, 0.2) is 0 Å². The maximum Gasteiger partial charge on any atom is 0.246 e. The summed E-state index contributed by atoms with van der Waals surface area (Å²) in [6.07, 6.45) is 1.80. The van der Waals surface area contributed by atoms with Crippen molar-refractivity contribution in [2.75, 3.05) is 33.9 Å². The highest BCUT2D eigenvalue weighted by Crippen LogP contribution is 2.30. The second kappa shape index (κ2) is 7.09. The van der Waals surface area contributed by atoms with E-state index in [9.17, 15) is 8.42 Å². The van der Waals surface area contributed by atoms with E-state index in [1.165, 1.54) is 11.4 Å². The van der Waals surface area contributed by atoms with Crippen molar-refractivity contribution in [2.45, 2.75) is 17.7 Å². The van der Waals surface area contributed by atoms with Crippen LogP contribution in [0.1, 0.15) is 12.8 Å². The highest BCUT2D eigenvalue weighted by molar-refractivity contribution is 9.10. The van der Waals surface area contributed by atoms with Crippen LogP contribution in [-0.2, 0) is 14.8 Å². The normalized spacial score (nSPS) is 17.1. The zero-order valence-electron chi connectivity index (χ0n) is 12.2. The van der Waals surface area contributed by atoms with Crippen molar-refractivity contribution in [1.29, 1.82) is 0 Å². The molecule has 0 amide bonds. The van der Waals surface area contributed by atoms with Crippen LogP contribution in [0.2, 0.25) is 0 Å². The van der Waals surface area contributed by atoms with Gasteiger partial charge in [0.1, 0.15) is 10.6 Å². The number of ether oxygens (including phenoxy) is 2. The molecule has 5 nitrogen and oxygen atoms in total. The Kier molecular flexibility index (Phi) is 5.65. The molecule has 1 aliphatic heterocycles. The van der Waals surface area contributed by atoms with E-state index in [0.717, 1.165) is 12.8 Å². The first kappa shape index (κ1) is 16.7. The minimum atomic E-state index is -3.57. The molecule has 0 N–H and O–H groups in total. The molecule has 118 valence electrons. The highest BCUT2D eigenvalue weighted by Gasteiger charge is 2.27. The Hall–Kier alpha value is -0.630. The lowest BCUT2D eigenvalue weighted by Gasteiger charge is -2.27. The van der Waals surface area contributed by atoms with Gasteiger partial charge in [-0.3, -0.25) is 0 Å². The molecule has 0 saturated carbocycles. The van der Waals surface area contributed by atoms with E-state index in [1.54, 1.807) is 25.2 Å². The van der Waals surface area contributed by atoms with Gasteiger partial charge in [-0.15, -0.1) is 0 Å². The van der Waals surface area contributed by atoms with Crippen molar-refractivity contribution < 1.29 is 17.9 Å². The molecular weight excluding hydrogens is 358 g/mol. The molecule has 1 aliphatic rings. The molecule has 0 unspecified atom stereocenters. The van der Waals surface area contributed by atoms with E-state index in [4.69, 9.17) is 9.47 Å². The quantitative estimate of drug-likeness (QED) is 0.790. The predicted octanol–water partition coefficient (Wildman–Crippen LogP) is 2.50. The average Bonchev–Trinajstić information content (AvgIpc) is 2.48. The summed E-state index contributed by atoms with van der Waals surface area (Å²) in [7, 11) is -0.477. The van der Waals surface area contributed by atoms with Crippen LogP contribution >= 0.6 is 15.9 Å². The van der Waals surface area contributed by atoms with Crippen LogP contribution in [0, 0.1) is 5.92 Å². The third kappa shape index (κ3) is 3.97. The van der Waals surface area contributed by atoms with Gasteiger partial charge in [0, 0.05) is 31.3 Å². The third-order valence-electron chi connectivity index (χ3n) is 3.67. The zero-order chi connectivity index (χ0) is 15.5. The molecule has 1 aromatic carbocycles. The SMILES string of the molecule is COc1ccc(Br)cc1S(=O)(=O)N(C)CC1CCOCC1. The van der Waals surface area contributed by atoms with Crippen molar-refractivity contribution in [3.05, 3.63) is 22.7 Å². The van der Waals surface area contributed by atoms with Gasteiger partial charge < -0.3 is 9.47 Å². The summed E-state index contributed by atoms with van der Waals surface area (Å²) in [6, 6.07) is 4.99. The molecule has 0 spiro atoms. The Labute approximate surface area is 134 Å². The first-order valence-electron chi connectivity index (χ1n) is 6.82. The second-order valence-corrected chi connectivity index (χ2v) is 8.07. The molecule has 2 rings (SSSR count). The van der Waals surface area contributed by atoms with Crippen LogP contribution in [-0.4, -0.2) is 46.6 Å². The number of benzene rings is 1. The second-order valence-electron chi connectivity index (χ2n) is 5.14. The Morgan fingerprint density at radius 1 is 1.38 bits per heavy atom. The number of rotatable bonds is 5. The van der Waals surface area contributed by atoms with Crippen molar-refractivity contribution in [3.63, 3.8) is 0 Å². The topological polar surface area (TPSA) is 55.8 Å². The zero-order valence-corrected chi connectivity index (χ0v) is 14.6. The fourth-order valence-electron chi connectivity index (χ4n) is 2.41. The maximum absolute atomic E-state index is 12.7. The summed E-state index contributed by atoms with van der Waals surface area (Å²) in [5.74, 6) is 0.703. The van der Waals surface area contributed by atoms with E-state index in [-0.39, 0.29) is 4.90 Å². The number of hydrogen-bond donors (Lipinski definition) is 0. The van der Waals surface area contributed by atoms with Gasteiger partial charge in [-0.05, 0) is 37.0 Å². The monoisotopic (exact) mass is 377 g/mol. The lowest BCUT2D eigenvalue weighted by Crippen LogP contribution is -2.34. The summed E-state index contributed by atoms with van der Waals surface area (Å²) in [5.41, 5.74) is 0. The molecule has 1 fully saturated rings. The minimum absolute atomic E-state index is 0.189. The van der Waals surface area contributed by atoms with Crippen LogP contribution in [0.3, 0.4) is 0 Å². The van der Waals surface area contributed by atoms with E-state index in [1.807, 2.05) is 0 Å². The highest BCUT2D eigenvalue weighted by atomic mass is 79.9. The fourth-order valence-corrected chi connectivity index (χ4v) is 4.35. The Balaban J connectivity index is 2.22. The number of nitrogens with zero attached hydrogens (tertiary/aromatic N) is 1. The Morgan fingerprint density at radius 2 is 2.05 bits per heavy atom. The fraction of sp³-hybridized carbons (Fsp3) is 0.571. The molecule has 0 aromatic heterocycles. The smallest absolute Gasteiger partial charge is 0.246 e. The van der Waals surface area contributed by atoms with Crippen molar-refractivity contribution in [2.24, 2.45) is 5.92 Å². The Morgan fingerprint density at radius 3 is 2.67 bits per heavy atom. The third-order valence-corrected chi connectivity index (χ3v) is 6.01. The lowest BCUT2D eigenvalue weighted by atomic mass is 10.0. The molecule has 7 heteroatoms.